The number of likely N-dealkylation sites (tertiary alicyclic amines) is 2. The normalized spacial score (nSPS) is 20.5. The Morgan fingerprint density at radius 3 is 2.32 bits per heavy atom. The molecule has 22 heavy (non-hydrogen) atoms. The van der Waals surface area contributed by atoms with Gasteiger partial charge in [-0.3, -0.25) is 4.90 Å². The fourth-order valence-corrected chi connectivity index (χ4v) is 3.28. The Labute approximate surface area is 130 Å². The first-order chi connectivity index (χ1) is 10.2. The van der Waals surface area contributed by atoms with Crippen LogP contribution in [0, 0.1) is 11.2 Å². The van der Waals surface area contributed by atoms with E-state index in [1.165, 1.54) is 12.1 Å². The first kappa shape index (κ1) is 15.3. The Morgan fingerprint density at radius 1 is 1.18 bits per heavy atom. The third-order valence-corrected chi connectivity index (χ3v) is 4.14. The number of hydrogen-bond donors (Lipinski definition) is 0. The second-order valence-electron chi connectivity index (χ2n) is 7.61. The summed E-state index contributed by atoms with van der Waals surface area (Å²) in [6, 6.07) is 6.65. The maximum absolute atomic E-state index is 12.9. The fourth-order valence-electron chi connectivity index (χ4n) is 3.28. The highest BCUT2D eigenvalue weighted by Gasteiger charge is 2.53. The number of hydrogen-bond acceptors (Lipinski definition) is 3. The molecule has 0 atom stereocenters. The molecule has 5 heteroatoms. The third kappa shape index (κ3) is 3.24. The number of carbonyl (C=O) groups excluding carboxylic acids is 1. The van der Waals surface area contributed by atoms with Crippen LogP contribution in [0.25, 0.3) is 0 Å². The van der Waals surface area contributed by atoms with E-state index in [0.717, 1.165) is 38.3 Å². The summed E-state index contributed by atoms with van der Waals surface area (Å²) in [5, 5.41) is 0. The van der Waals surface area contributed by atoms with Crippen molar-refractivity contribution in [2.24, 2.45) is 5.41 Å². The van der Waals surface area contributed by atoms with Crippen LogP contribution < -0.4 is 0 Å². The van der Waals surface area contributed by atoms with Crippen LogP contribution in [0.15, 0.2) is 24.3 Å². The Bertz CT molecular complexity index is 551. The molecule has 1 aromatic carbocycles. The van der Waals surface area contributed by atoms with E-state index in [1.807, 2.05) is 32.9 Å². The molecule has 0 unspecified atom stereocenters. The number of nitrogens with zero attached hydrogens (tertiary/aromatic N) is 2. The molecule has 1 amide bonds. The molecule has 2 fully saturated rings. The maximum atomic E-state index is 12.9. The van der Waals surface area contributed by atoms with Gasteiger partial charge < -0.3 is 9.64 Å². The minimum absolute atomic E-state index is 0.198. The predicted octanol–water partition coefficient (Wildman–Crippen LogP) is 2.88. The maximum Gasteiger partial charge on any atom is 0.410 e. The Balaban J connectivity index is 1.43. The number of ether oxygens (including phenoxy) is 1. The van der Waals surface area contributed by atoms with E-state index in [-0.39, 0.29) is 17.3 Å². The van der Waals surface area contributed by atoms with Crippen molar-refractivity contribution in [2.45, 2.75) is 32.9 Å². The van der Waals surface area contributed by atoms with Crippen LogP contribution in [0.1, 0.15) is 26.3 Å². The molecular weight excluding hydrogens is 283 g/mol. The molecule has 2 aliphatic rings. The first-order valence-electron chi connectivity index (χ1n) is 7.70. The average molecular weight is 306 g/mol. The smallest absolute Gasteiger partial charge is 0.410 e. The zero-order chi connectivity index (χ0) is 16.0. The summed E-state index contributed by atoms with van der Waals surface area (Å²) in [5.41, 5.74) is 0.935. The molecule has 2 heterocycles. The molecule has 1 aromatic rings. The van der Waals surface area contributed by atoms with E-state index >= 15 is 0 Å². The lowest BCUT2D eigenvalue weighted by Gasteiger charge is -2.60. The summed E-state index contributed by atoms with van der Waals surface area (Å²) in [6.45, 7) is 10.0. The highest BCUT2D eigenvalue weighted by Crippen LogP contribution is 2.40. The van der Waals surface area contributed by atoms with Gasteiger partial charge in [-0.05, 0) is 38.5 Å². The summed E-state index contributed by atoms with van der Waals surface area (Å²) >= 11 is 0. The van der Waals surface area contributed by atoms with E-state index in [9.17, 15) is 9.18 Å². The van der Waals surface area contributed by atoms with E-state index in [2.05, 4.69) is 4.90 Å². The molecule has 0 saturated carbocycles. The molecular formula is C17H23FN2O2. The summed E-state index contributed by atoms with van der Waals surface area (Å²) in [6.07, 6.45) is -0.213. The van der Waals surface area contributed by atoms with E-state index in [0.29, 0.717) is 0 Å². The molecule has 120 valence electrons. The number of amides is 1. The zero-order valence-corrected chi connectivity index (χ0v) is 13.4. The second kappa shape index (κ2) is 5.23. The van der Waals surface area contributed by atoms with Crippen molar-refractivity contribution in [2.75, 3.05) is 26.2 Å². The van der Waals surface area contributed by atoms with Crippen molar-refractivity contribution in [3.05, 3.63) is 35.6 Å². The van der Waals surface area contributed by atoms with Gasteiger partial charge >= 0.3 is 6.09 Å². The molecule has 0 radical (unpaired) electrons. The van der Waals surface area contributed by atoms with E-state index in [4.69, 9.17) is 4.74 Å². The molecule has 2 aliphatic heterocycles. The summed E-state index contributed by atoms with van der Waals surface area (Å²) < 4.78 is 18.3. The van der Waals surface area contributed by atoms with E-state index in [1.54, 1.807) is 4.90 Å². The summed E-state index contributed by atoms with van der Waals surface area (Å²) in [5.74, 6) is -0.198. The fraction of sp³-hybridized carbons (Fsp3) is 0.588. The van der Waals surface area contributed by atoms with Gasteiger partial charge in [-0.2, -0.15) is 0 Å². The molecule has 0 bridgehead atoms. The molecule has 3 rings (SSSR count). The largest absolute Gasteiger partial charge is 0.444 e. The van der Waals surface area contributed by atoms with Gasteiger partial charge in [-0.1, -0.05) is 12.1 Å². The highest BCUT2D eigenvalue weighted by molar-refractivity contribution is 5.69. The number of carbonyl (C=O) groups is 1. The molecule has 0 N–H and O–H groups in total. The summed E-state index contributed by atoms with van der Waals surface area (Å²) in [7, 11) is 0. The quantitative estimate of drug-likeness (QED) is 0.842. The summed E-state index contributed by atoms with van der Waals surface area (Å²) in [4.78, 5) is 16.0. The van der Waals surface area contributed by atoms with Crippen LogP contribution in [-0.2, 0) is 11.3 Å². The van der Waals surface area contributed by atoms with Gasteiger partial charge in [0.1, 0.15) is 11.4 Å². The Kier molecular flexibility index (Phi) is 3.63. The van der Waals surface area contributed by atoms with Crippen molar-refractivity contribution in [1.29, 1.82) is 0 Å². The van der Waals surface area contributed by atoms with Crippen molar-refractivity contribution in [3.8, 4) is 0 Å². The minimum atomic E-state index is -0.436. The molecule has 1 spiro atoms. The van der Waals surface area contributed by atoms with Crippen LogP contribution in [0.5, 0.6) is 0 Å². The van der Waals surface area contributed by atoms with Gasteiger partial charge in [0.25, 0.3) is 0 Å². The first-order valence-corrected chi connectivity index (χ1v) is 7.70. The third-order valence-electron chi connectivity index (χ3n) is 4.14. The Hall–Kier alpha value is -1.62. The SMILES string of the molecule is CC(C)(C)OC(=O)N1CC2(CN(Cc3ccc(F)cc3)C2)C1. The molecule has 2 saturated heterocycles. The van der Waals surface area contributed by atoms with Gasteiger partial charge in [0.2, 0.25) is 0 Å². The van der Waals surface area contributed by atoms with Gasteiger partial charge in [0.15, 0.2) is 0 Å². The van der Waals surface area contributed by atoms with Gasteiger partial charge in [0.05, 0.1) is 0 Å². The number of benzene rings is 1. The van der Waals surface area contributed by atoms with Crippen molar-refractivity contribution < 1.29 is 13.9 Å². The standard InChI is InChI=1S/C17H23FN2O2/c1-16(2,3)22-15(21)20-11-17(12-20)9-19(10-17)8-13-4-6-14(18)7-5-13/h4-7H,8-12H2,1-3H3. The highest BCUT2D eigenvalue weighted by atomic mass is 19.1. The molecule has 0 aromatic heterocycles. The second-order valence-corrected chi connectivity index (χ2v) is 7.61. The number of rotatable bonds is 2. The molecule has 4 nitrogen and oxygen atoms in total. The lowest BCUT2D eigenvalue weighted by atomic mass is 9.73. The van der Waals surface area contributed by atoms with Gasteiger partial charge in [-0.15, -0.1) is 0 Å². The van der Waals surface area contributed by atoms with Crippen LogP contribution in [0.2, 0.25) is 0 Å². The Morgan fingerprint density at radius 2 is 1.77 bits per heavy atom. The zero-order valence-electron chi connectivity index (χ0n) is 13.4. The topological polar surface area (TPSA) is 32.8 Å². The van der Waals surface area contributed by atoms with Gasteiger partial charge in [-0.25, -0.2) is 9.18 Å². The number of halogens is 1. The average Bonchev–Trinajstić information content (AvgIpc) is 2.30. The van der Waals surface area contributed by atoms with Crippen molar-refractivity contribution in [3.63, 3.8) is 0 Å². The minimum Gasteiger partial charge on any atom is -0.444 e. The van der Waals surface area contributed by atoms with Crippen molar-refractivity contribution >= 4 is 6.09 Å². The van der Waals surface area contributed by atoms with Crippen LogP contribution in [0.3, 0.4) is 0 Å². The van der Waals surface area contributed by atoms with Crippen LogP contribution in [-0.4, -0.2) is 47.7 Å². The molecule has 0 aliphatic carbocycles. The predicted molar refractivity (Wildman–Crippen MR) is 81.9 cm³/mol. The van der Waals surface area contributed by atoms with Crippen LogP contribution in [0.4, 0.5) is 9.18 Å². The lowest BCUT2D eigenvalue weighted by Crippen LogP contribution is -2.72. The monoisotopic (exact) mass is 306 g/mol. The lowest BCUT2D eigenvalue weighted by molar-refractivity contribution is -0.115. The van der Waals surface area contributed by atoms with Gasteiger partial charge in [0, 0.05) is 38.1 Å². The van der Waals surface area contributed by atoms with Crippen LogP contribution >= 0.6 is 0 Å². The van der Waals surface area contributed by atoms with E-state index < -0.39 is 5.60 Å². The van der Waals surface area contributed by atoms with Crippen molar-refractivity contribution in [1.82, 2.24) is 9.80 Å².